The molecular formula is C17H10BrF2NO2S. The van der Waals surface area contributed by atoms with Crippen molar-refractivity contribution >= 4 is 33.2 Å². The second kappa shape index (κ2) is 7.19. The van der Waals surface area contributed by atoms with Crippen LogP contribution in [0.15, 0.2) is 52.3 Å². The summed E-state index contributed by atoms with van der Waals surface area (Å²) < 4.78 is 32.2. The normalized spacial score (nSPS) is 10.6. The molecule has 0 N–H and O–H groups in total. The van der Waals surface area contributed by atoms with Crippen LogP contribution >= 0.6 is 27.3 Å². The fourth-order valence-corrected chi connectivity index (χ4v) is 3.14. The van der Waals surface area contributed by atoms with E-state index >= 15 is 0 Å². The molecule has 122 valence electrons. The molecule has 3 nitrogen and oxygen atoms in total. The lowest BCUT2D eigenvalue weighted by molar-refractivity contribution is -0.133. The fourth-order valence-electron chi connectivity index (χ4n) is 1.98. The molecule has 0 unspecified atom stereocenters. The van der Waals surface area contributed by atoms with Crippen molar-refractivity contribution in [2.75, 3.05) is 0 Å². The third-order valence-electron chi connectivity index (χ3n) is 3.09. The number of esters is 1. The summed E-state index contributed by atoms with van der Waals surface area (Å²) in [6, 6.07) is 10.1. The zero-order valence-corrected chi connectivity index (χ0v) is 14.5. The van der Waals surface area contributed by atoms with Gasteiger partial charge in [0.05, 0.1) is 12.1 Å². The van der Waals surface area contributed by atoms with Gasteiger partial charge in [0.2, 0.25) is 0 Å². The highest BCUT2D eigenvalue weighted by molar-refractivity contribution is 9.10. The van der Waals surface area contributed by atoms with E-state index in [9.17, 15) is 13.6 Å². The third-order valence-corrected chi connectivity index (χ3v) is 4.52. The number of thiazole rings is 1. The first-order chi connectivity index (χ1) is 11.5. The van der Waals surface area contributed by atoms with Gasteiger partial charge in [0.25, 0.3) is 0 Å². The first-order valence-electron chi connectivity index (χ1n) is 6.87. The predicted octanol–water partition coefficient (Wildman–Crippen LogP) is 5.00. The maximum Gasteiger partial charge on any atom is 0.317 e. The van der Waals surface area contributed by atoms with Crippen LogP contribution in [0, 0.1) is 11.6 Å². The van der Waals surface area contributed by atoms with E-state index in [1.54, 1.807) is 23.6 Å². The number of carbonyl (C=O) groups is 1. The lowest BCUT2D eigenvalue weighted by atomic mass is 10.2. The van der Waals surface area contributed by atoms with E-state index < -0.39 is 11.8 Å². The zero-order chi connectivity index (χ0) is 17.1. The first kappa shape index (κ1) is 16.7. The number of aromatic nitrogens is 1. The number of rotatable bonds is 4. The molecule has 0 saturated heterocycles. The number of halogens is 3. The molecule has 24 heavy (non-hydrogen) atoms. The van der Waals surface area contributed by atoms with Crippen LogP contribution in [-0.2, 0) is 11.2 Å². The molecule has 0 atom stereocenters. The van der Waals surface area contributed by atoms with Crippen LogP contribution in [0.5, 0.6) is 5.75 Å². The molecular weight excluding hydrogens is 400 g/mol. The Balaban J connectivity index is 1.68. The lowest BCUT2D eigenvalue weighted by Crippen LogP contribution is -2.12. The maximum atomic E-state index is 13.7. The number of hydrogen-bond acceptors (Lipinski definition) is 4. The average Bonchev–Trinajstić information content (AvgIpc) is 2.99. The van der Waals surface area contributed by atoms with Gasteiger partial charge in [-0.2, -0.15) is 0 Å². The molecule has 1 heterocycles. The Bertz CT molecular complexity index is 881. The van der Waals surface area contributed by atoms with Gasteiger partial charge >= 0.3 is 5.97 Å². The number of nitrogens with zero attached hydrogens (tertiary/aromatic N) is 1. The predicted molar refractivity (Wildman–Crippen MR) is 90.9 cm³/mol. The average molecular weight is 410 g/mol. The molecule has 0 saturated carbocycles. The van der Waals surface area contributed by atoms with E-state index in [1.807, 2.05) is 0 Å². The molecule has 0 aliphatic heterocycles. The van der Waals surface area contributed by atoms with Crippen molar-refractivity contribution in [2.24, 2.45) is 0 Å². The first-order valence-corrected chi connectivity index (χ1v) is 8.54. The molecule has 0 radical (unpaired) electrons. The van der Waals surface area contributed by atoms with Crippen LogP contribution in [-0.4, -0.2) is 11.0 Å². The summed E-state index contributed by atoms with van der Waals surface area (Å²) in [4.78, 5) is 16.2. The van der Waals surface area contributed by atoms with Gasteiger partial charge in [0.1, 0.15) is 10.8 Å². The van der Waals surface area contributed by atoms with E-state index in [-0.39, 0.29) is 18.0 Å². The standard InChI is InChI=1S/C17H10BrF2NO2S/c18-11-3-6-15(14(20)7-11)23-16(22)8-13-9-24-17(21-13)10-1-4-12(19)5-2-10/h1-7,9H,8H2. The molecule has 0 bridgehead atoms. The highest BCUT2D eigenvalue weighted by atomic mass is 79.9. The van der Waals surface area contributed by atoms with Crippen LogP contribution in [0.4, 0.5) is 8.78 Å². The van der Waals surface area contributed by atoms with Crippen LogP contribution in [0.3, 0.4) is 0 Å². The van der Waals surface area contributed by atoms with E-state index in [2.05, 4.69) is 20.9 Å². The summed E-state index contributed by atoms with van der Waals surface area (Å²) >= 11 is 4.47. The second-order valence-electron chi connectivity index (χ2n) is 4.88. The molecule has 0 aliphatic rings. The number of hydrogen-bond donors (Lipinski definition) is 0. The van der Waals surface area contributed by atoms with Crippen molar-refractivity contribution in [3.05, 3.63) is 69.6 Å². The SMILES string of the molecule is O=C(Cc1csc(-c2ccc(F)cc2)n1)Oc1ccc(Br)cc1F. The van der Waals surface area contributed by atoms with Crippen molar-refractivity contribution in [3.8, 4) is 16.3 Å². The smallest absolute Gasteiger partial charge is 0.317 e. The van der Waals surface area contributed by atoms with Crippen LogP contribution in [0.1, 0.15) is 5.69 Å². The summed E-state index contributed by atoms with van der Waals surface area (Å²) in [5, 5.41) is 2.39. The molecule has 1 aromatic heterocycles. The van der Waals surface area contributed by atoms with Crippen molar-refractivity contribution in [1.29, 1.82) is 0 Å². The van der Waals surface area contributed by atoms with Gasteiger partial charge in [-0.05, 0) is 42.5 Å². The Morgan fingerprint density at radius 3 is 2.62 bits per heavy atom. The minimum absolute atomic E-state index is 0.0762. The van der Waals surface area contributed by atoms with Crippen molar-refractivity contribution in [2.45, 2.75) is 6.42 Å². The summed E-state index contributed by atoms with van der Waals surface area (Å²) in [6.07, 6.45) is -0.0762. The van der Waals surface area contributed by atoms with Crippen LogP contribution < -0.4 is 4.74 Å². The Morgan fingerprint density at radius 1 is 1.17 bits per heavy atom. The molecule has 0 spiro atoms. The molecule has 7 heteroatoms. The molecule has 2 aromatic carbocycles. The Kier molecular flexibility index (Phi) is 5.01. The van der Waals surface area contributed by atoms with Crippen LogP contribution in [0.25, 0.3) is 10.6 Å². The van der Waals surface area contributed by atoms with E-state index in [1.165, 1.54) is 35.6 Å². The van der Waals surface area contributed by atoms with E-state index in [0.29, 0.717) is 15.2 Å². The van der Waals surface area contributed by atoms with Crippen molar-refractivity contribution < 1.29 is 18.3 Å². The van der Waals surface area contributed by atoms with Crippen molar-refractivity contribution in [1.82, 2.24) is 4.98 Å². The quantitative estimate of drug-likeness (QED) is 0.449. The topological polar surface area (TPSA) is 39.2 Å². The number of benzene rings is 2. The molecule has 3 rings (SSSR count). The fraction of sp³-hybridized carbons (Fsp3) is 0.0588. The summed E-state index contributed by atoms with van der Waals surface area (Å²) in [5.41, 5.74) is 1.28. The summed E-state index contributed by atoms with van der Waals surface area (Å²) in [6.45, 7) is 0. The highest BCUT2D eigenvalue weighted by Gasteiger charge is 2.13. The minimum atomic E-state index is -0.622. The maximum absolute atomic E-state index is 13.7. The summed E-state index contributed by atoms with van der Waals surface area (Å²) in [7, 11) is 0. The molecule has 0 aliphatic carbocycles. The van der Waals surface area contributed by atoms with Gasteiger partial charge in [-0.15, -0.1) is 11.3 Å². The Hall–Kier alpha value is -2.12. The summed E-state index contributed by atoms with van der Waals surface area (Å²) in [5.74, 6) is -1.68. The molecule has 0 fully saturated rings. The van der Waals surface area contributed by atoms with Crippen LogP contribution in [0.2, 0.25) is 0 Å². The van der Waals surface area contributed by atoms with Gasteiger partial charge in [0.15, 0.2) is 11.6 Å². The highest BCUT2D eigenvalue weighted by Crippen LogP contribution is 2.25. The zero-order valence-electron chi connectivity index (χ0n) is 12.1. The van der Waals surface area contributed by atoms with Gasteiger partial charge in [-0.3, -0.25) is 4.79 Å². The van der Waals surface area contributed by atoms with Gasteiger partial charge < -0.3 is 4.74 Å². The third kappa shape index (κ3) is 4.04. The molecule has 3 aromatic rings. The second-order valence-corrected chi connectivity index (χ2v) is 6.65. The van der Waals surface area contributed by atoms with Gasteiger partial charge in [-0.1, -0.05) is 15.9 Å². The van der Waals surface area contributed by atoms with Gasteiger partial charge in [-0.25, -0.2) is 13.8 Å². The van der Waals surface area contributed by atoms with E-state index in [0.717, 1.165) is 5.56 Å². The van der Waals surface area contributed by atoms with Gasteiger partial charge in [0, 0.05) is 15.4 Å². The largest absolute Gasteiger partial charge is 0.423 e. The monoisotopic (exact) mass is 409 g/mol. The Morgan fingerprint density at radius 2 is 1.92 bits per heavy atom. The lowest BCUT2D eigenvalue weighted by Gasteiger charge is -2.04. The number of carbonyl (C=O) groups excluding carboxylic acids is 1. The minimum Gasteiger partial charge on any atom is -0.423 e. The number of ether oxygens (including phenoxy) is 1. The van der Waals surface area contributed by atoms with E-state index in [4.69, 9.17) is 4.74 Å². The molecule has 0 amide bonds. The Labute approximate surface area is 149 Å². The van der Waals surface area contributed by atoms with Crippen molar-refractivity contribution in [3.63, 3.8) is 0 Å².